The second-order valence-electron chi connectivity index (χ2n) is 7.23. The summed E-state index contributed by atoms with van der Waals surface area (Å²) in [5, 5.41) is 14.9. The van der Waals surface area contributed by atoms with E-state index in [4.69, 9.17) is 9.47 Å². The van der Waals surface area contributed by atoms with Crippen LogP contribution in [0.1, 0.15) is 12.5 Å². The van der Waals surface area contributed by atoms with Gasteiger partial charge in [-0.2, -0.15) is 0 Å². The van der Waals surface area contributed by atoms with Crippen molar-refractivity contribution in [3.63, 3.8) is 0 Å². The molecule has 1 fully saturated rings. The highest BCUT2D eigenvalue weighted by Gasteiger charge is 2.25. The Morgan fingerprint density at radius 1 is 1.22 bits per heavy atom. The predicted octanol–water partition coefficient (Wildman–Crippen LogP) is 1.39. The number of nitrogens with one attached hydrogen (secondary N) is 2. The highest BCUT2D eigenvalue weighted by molar-refractivity contribution is 7.99. The third-order valence-corrected chi connectivity index (χ3v) is 6.09. The van der Waals surface area contributed by atoms with Crippen molar-refractivity contribution < 1.29 is 19.1 Å². The average Bonchev–Trinajstić information content (AvgIpc) is 3.21. The van der Waals surface area contributed by atoms with Crippen molar-refractivity contribution in [3.8, 4) is 0 Å². The first-order valence-electron chi connectivity index (χ1n) is 10.5. The van der Waals surface area contributed by atoms with E-state index in [-0.39, 0.29) is 19.2 Å². The molecule has 0 radical (unpaired) electrons. The van der Waals surface area contributed by atoms with Crippen molar-refractivity contribution >= 4 is 29.7 Å². The number of carbonyl (C=O) groups excluding carboxylic acids is 2. The Morgan fingerprint density at radius 2 is 2.00 bits per heavy atom. The summed E-state index contributed by atoms with van der Waals surface area (Å²) in [5.41, 5.74) is 2.08. The number of ether oxygens (including phenoxy) is 2. The van der Waals surface area contributed by atoms with Crippen LogP contribution >= 0.6 is 11.8 Å². The number of nitrogens with zero attached hydrogens (tertiary/aromatic N) is 4. The molecule has 0 spiro atoms. The number of thioether (sulfide) groups is 1. The summed E-state index contributed by atoms with van der Waals surface area (Å²) >= 11 is 1.42. The number of hydrogen-bond acceptors (Lipinski definition) is 8. The van der Waals surface area contributed by atoms with Gasteiger partial charge < -0.3 is 25.0 Å². The van der Waals surface area contributed by atoms with Gasteiger partial charge in [0, 0.05) is 24.5 Å². The molecule has 0 unspecified atom stereocenters. The van der Waals surface area contributed by atoms with Gasteiger partial charge in [-0.05, 0) is 12.5 Å². The highest BCUT2D eigenvalue weighted by atomic mass is 32.2. The van der Waals surface area contributed by atoms with E-state index in [0.29, 0.717) is 41.9 Å². The molecule has 3 heterocycles. The average molecular weight is 459 g/mol. The molecule has 1 aromatic heterocycles. The SMILES string of the molecule is CCOC(=O)C1=C(CSc2nnc(N3CCOCC3)n2Cc2ccccc2)NC(=O)NC1. The molecule has 2 N–H and O–H groups in total. The van der Waals surface area contributed by atoms with Gasteiger partial charge in [0.2, 0.25) is 5.95 Å². The molecule has 32 heavy (non-hydrogen) atoms. The molecule has 2 aliphatic rings. The van der Waals surface area contributed by atoms with Crippen LogP contribution in [0.3, 0.4) is 0 Å². The molecule has 10 nitrogen and oxygen atoms in total. The quantitative estimate of drug-likeness (QED) is 0.451. The van der Waals surface area contributed by atoms with E-state index in [1.807, 2.05) is 18.2 Å². The Morgan fingerprint density at radius 3 is 2.75 bits per heavy atom. The minimum atomic E-state index is -0.435. The van der Waals surface area contributed by atoms with Gasteiger partial charge in [-0.25, -0.2) is 9.59 Å². The zero-order valence-electron chi connectivity index (χ0n) is 17.9. The number of urea groups is 1. The number of amides is 2. The van der Waals surface area contributed by atoms with Crippen LogP contribution in [0.2, 0.25) is 0 Å². The number of benzene rings is 1. The minimum Gasteiger partial charge on any atom is -0.463 e. The van der Waals surface area contributed by atoms with Crippen LogP contribution in [0.25, 0.3) is 0 Å². The third-order valence-electron chi connectivity index (χ3n) is 5.10. The van der Waals surface area contributed by atoms with Gasteiger partial charge in [0.05, 0.1) is 38.5 Å². The van der Waals surface area contributed by atoms with Gasteiger partial charge in [-0.1, -0.05) is 42.1 Å². The van der Waals surface area contributed by atoms with Crippen molar-refractivity contribution in [3.05, 3.63) is 47.2 Å². The van der Waals surface area contributed by atoms with Gasteiger partial charge in [0.1, 0.15) is 0 Å². The van der Waals surface area contributed by atoms with Gasteiger partial charge in [-0.15, -0.1) is 10.2 Å². The van der Waals surface area contributed by atoms with Crippen LogP contribution in [-0.2, 0) is 20.8 Å². The Balaban J connectivity index is 1.58. The molecule has 2 aliphatic heterocycles. The van der Waals surface area contributed by atoms with Crippen molar-refractivity contribution in [2.75, 3.05) is 50.1 Å². The van der Waals surface area contributed by atoms with Crippen molar-refractivity contribution in [2.45, 2.75) is 18.6 Å². The minimum absolute atomic E-state index is 0.135. The number of rotatable bonds is 8. The zero-order valence-corrected chi connectivity index (χ0v) is 18.7. The molecular weight excluding hydrogens is 432 g/mol. The predicted molar refractivity (Wildman–Crippen MR) is 120 cm³/mol. The van der Waals surface area contributed by atoms with Crippen LogP contribution in [0, 0.1) is 0 Å². The van der Waals surface area contributed by atoms with Crippen LogP contribution < -0.4 is 15.5 Å². The molecule has 1 saturated heterocycles. The maximum atomic E-state index is 12.3. The lowest BCUT2D eigenvalue weighted by molar-refractivity contribution is -0.138. The van der Waals surface area contributed by atoms with Crippen LogP contribution in [-0.4, -0.2) is 72.0 Å². The zero-order chi connectivity index (χ0) is 22.3. The van der Waals surface area contributed by atoms with E-state index in [1.54, 1.807) is 6.92 Å². The van der Waals surface area contributed by atoms with Gasteiger partial charge in [0.15, 0.2) is 5.16 Å². The molecule has 0 atom stereocenters. The largest absolute Gasteiger partial charge is 0.463 e. The lowest BCUT2D eigenvalue weighted by Gasteiger charge is -2.28. The second-order valence-corrected chi connectivity index (χ2v) is 8.17. The van der Waals surface area contributed by atoms with Crippen LogP contribution in [0.15, 0.2) is 46.8 Å². The van der Waals surface area contributed by atoms with E-state index in [0.717, 1.165) is 24.6 Å². The maximum absolute atomic E-state index is 12.3. The van der Waals surface area contributed by atoms with Crippen LogP contribution in [0.5, 0.6) is 0 Å². The van der Waals surface area contributed by atoms with E-state index in [1.165, 1.54) is 11.8 Å². The fourth-order valence-electron chi connectivity index (χ4n) is 3.49. The molecule has 2 amide bonds. The van der Waals surface area contributed by atoms with Crippen LogP contribution in [0.4, 0.5) is 10.7 Å². The Bertz CT molecular complexity index is 987. The normalized spacial score (nSPS) is 16.5. The summed E-state index contributed by atoms with van der Waals surface area (Å²) in [5.74, 6) is 0.710. The van der Waals surface area contributed by atoms with Gasteiger partial charge >= 0.3 is 12.0 Å². The molecule has 11 heteroatoms. The van der Waals surface area contributed by atoms with E-state index >= 15 is 0 Å². The summed E-state index contributed by atoms with van der Waals surface area (Å²) in [6.07, 6.45) is 0. The molecule has 0 saturated carbocycles. The maximum Gasteiger partial charge on any atom is 0.337 e. The molecule has 0 aliphatic carbocycles. The standard InChI is InChI=1S/C21H26N6O4S/c1-2-31-18(28)16-12-22-19(29)23-17(16)14-32-21-25-24-20(26-8-10-30-11-9-26)27(21)13-15-6-4-3-5-7-15/h3-7H,2,8-14H2,1H3,(H2,22,23,29). The molecule has 170 valence electrons. The first-order valence-corrected chi connectivity index (χ1v) is 11.5. The number of esters is 1. The molecule has 1 aromatic carbocycles. The molecule has 0 bridgehead atoms. The van der Waals surface area contributed by atoms with E-state index in [2.05, 4.69) is 42.4 Å². The van der Waals surface area contributed by atoms with Crippen molar-refractivity contribution in [1.82, 2.24) is 25.4 Å². The van der Waals surface area contributed by atoms with Gasteiger partial charge in [-0.3, -0.25) is 4.57 Å². The van der Waals surface area contributed by atoms with Crippen molar-refractivity contribution in [1.29, 1.82) is 0 Å². The van der Waals surface area contributed by atoms with Gasteiger partial charge in [0.25, 0.3) is 0 Å². The summed E-state index contributed by atoms with van der Waals surface area (Å²) in [4.78, 5) is 26.3. The number of carbonyl (C=O) groups is 2. The number of morpholine rings is 1. The monoisotopic (exact) mass is 458 g/mol. The van der Waals surface area contributed by atoms with E-state index in [9.17, 15) is 9.59 Å². The molecule has 2 aromatic rings. The summed E-state index contributed by atoms with van der Waals surface area (Å²) in [6, 6.07) is 9.77. The smallest absolute Gasteiger partial charge is 0.337 e. The second kappa shape index (κ2) is 10.5. The fourth-order valence-corrected chi connectivity index (χ4v) is 4.42. The lowest BCUT2D eigenvalue weighted by atomic mass is 10.2. The first-order chi connectivity index (χ1) is 15.7. The molecule has 4 rings (SSSR count). The lowest BCUT2D eigenvalue weighted by Crippen LogP contribution is -2.44. The Labute approximate surface area is 190 Å². The van der Waals surface area contributed by atoms with Crippen molar-refractivity contribution in [2.24, 2.45) is 0 Å². The first kappa shape index (κ1) is 22.2. The fraction of sp³-hybridized carbons (Fsp3) is 0.429. The summed E-state index contributed by atoms with van der Waals surface area (Å²) in [7, 11) is 0. The number of anilines is 1. The Hall–Kier alpha value is -3.05. The summed E-state index contributed by atoms with van der Waals surface area (Å²) in [6.45, 7) is 5.56. The molecular formula is C21H26N6O4S. The number of aromatic nitrogens is 3. The summed E-state index contributed by atoms with van der Waals surface area (Å²) < 4.78 is 12.7. The topological polar surface area (TPSA) is 111 Å². The highest BCUT2D eigenvalue weighted by Crippen LogP contribution is 2.26. The number of hydrogen-bond donors (Lipinski definition) is 2. The van der Waals surface area contributed by atoms with E-state index < -0.39 is 5.97 Å². The Kier molecular flexibility index (Phi) is 7.28. The third kappa shape index (κ3) is 5.22.